The van der Waals surface area contributed by atoms with Gasteiger partial charge in [-0.3, -0.25) is 4.79 Å². The van der Waals surface area contributed by atoms with E-state index in [1.807, 2.05) is 39.0 Å². The summed E-state index contributed by atoms with van der Waals surface area (Å²) in [5.41, 5.74) is 0.418. The van der Waals surface area contributed by atoms with E-state index < -0.39 is 17.5 Å². The number of methoxy groups -OCH3 is 1. The summed E-state index contributed by atoms with van der Waals surface area (Å²) >= 11 is 0. The number of para-hydroxylation sites is 1. The van der Waals surface area contributed by atoms with Crippen LogP contribution in [0.4, 0.5) is 4.39 Å². The number of hydrogen-bond acceptors (Lipinski definition) is 4. The van der Waals surface area contributed by atoms with Gasteiger partial charge >= 0.3 is 0 Å². The van der Waals surface area contributed by atoms with Gasteiger partial charge in [-0.1, -0.05) is 19.1 Å². The minimum absolute atomic E-state index is 0.0684. The highest BCUT2D eigenvalue weighted by atomic mass is 19.1. The molecule has 0 saturated carbocycles. The smallest absolute Gasteiger partial charge is 0.261 e. The molecule has 0 fully saturated rings. The van der Waals surface area contributed by atoms with Crippen LogP contribution >= 0.6 is 0 Å². The Hall–Kier alpha value is -2.76. The third-order valence-corrected chi connectivity index (χ3v) is 4.76. The normalized spacial score (nSPS) is 18.4. The molecule has 1 heterocycles. The van der Waals surface area contributed by atoms with E-state index in [4.69, 9.17) is 14.2 Å². The fourth-order valence-electron chi connectivity index (χ4n) is 3.37. The van der Waals surface area contributed by atoms with Gasteiger partial charge in [0.25, 0.3) is 5.91 Å². The van der Waals surface area contributed by atoms with Gasteiger partial charge in [-0.2, -0.15) is 0 Å². The topological polar surface area (TPSA) is 56.8 Å². The molecule has 6 heteroatoms. The van der Waals surface area contributed by atoms with Crippen molar-refractivity contribution in [3.8, 4) is 17.2 Å². The zero-order valence-electron chi connectivity index (χ0n) is 16.6. The van der Waals surface area contributed by atoms with Crippen LogP contribution in [0.15, 0.2) is 42.5 Å². The Morgan fingerprint density at radius 2 is 2.07 bits per heavy atom. The molecule has 150 valence electrons. The van der Waals surface area contributed by atoms with Crippen LogP contribution in [0.1, 0.15) is 45.2 Å². The van der Waals surface area contributed by atoms with Gasteiger partial charge in [0.05, 0.1) is 13.2 Å². The Morgan fingerprint density at radius 3 is 2.75 bits per heavy atom. The lowest BCUT2D eigenvalue weighted by atomic mass is 9.89. The molecule has 2 aromatic carbocycles. The Kier molecular flexibility index (Phi) is 5.77. The molecule has 0 aliphatic carbocycles. The fraction of sp³-hybridized carbons (Fsp3) is 0.409. The average molecular weight is 387 g/mol. The van der Waals surface area contributed by atoms with E-state index in [0.717, 1.165) is 5.56 Å². The van der Waals surface area contributed by atoms with Crippen LogP contribution in [-0.2, 0) is 4.79 Å². The van der Waals surface area contributed by atoms with E-state index in [2.05, 4.69) is 5.32 Å². The molecule has 3 rings (SSSR count). The van der Waals surface area contributed by atoms with Crippen molar-refractivity contribution in [2.45, 2.75) is 51.4 Å². The first-order chi connectivity index (χ1) is 13.3. The highest BCUT2D eigenvalue weighted by Gasteiger charge is 2.36. The quantitative estimate of drug-likeness (QED) is 0.798. The maximum Gasteiger partial charge on any atom is 0.261 e. The maximum atomic E-state index is 13.9. The average Bonchev–Trinajstić information content (AvgIpc) is 2.66. The van der Waals surface area contributed by atoms with Crippen LogP contribution in [0.2, 0.25) is 0 Å². The number of carbonyl (C=O) groups is 1. The number of hydrogen-bond donors (Lipinski definition) is 1. The van der Waals surface area contributed by atoms with Gasteiger partial charge in [0.1, 0.15) is 17.1 Å². The molecule has 1 aliphatic rings. The number of benzene rings is 2. The van der Waals surface area contributed by atoms with E-state index in [0.29, 0.717) is 24.3 Å². The summed E-state index contributed by atoms with van der Waals surface area (Å²) in [7, 11) is 1.60. The first-order valence-electron chi connectivity index (χ1n) is 9.41. The molecule has 1 aliphatic heterocycles. The molecule has 0 aromatic heterocycles. The van der Waals surface area contributed by atoms with Crippen molar-refractivity contribution in [2.75, 3.05) is 7.11 Å². The summed E-state index contributed by atoms with van der Waals surface area (Å²) in [6.07, 6.45) is 0.212. The van der Waals surface area contributed by atoms with Crippen LogP contribution < -0.4 is 19.5 Å². The molecule has 2 aromatic rings. The Bertz CT molecular complexity index is 852. The lowest BCUT2D eigenvalue weighted by molar-refractivity contribution is -0.129. The van der Waals surface area contributed by atoms with Crippen LogP contribution in [-0.4, -0.2) is 24.7 Å². The number of ether oxygens (including phenoxy) is 3. The van der Waals surface area contributed by atoms with Crippen LogP contribution in [0.3, 0.4) is 0 Å². The van der Waals surface area contributed by atoms with E-state index in [1.54, 1.807) is 19.2 Å². The monoisotopic (exact) mass is 387 g/mol. The van der Waals surface area contributed by atoms with Gasteiger partial charge < -0.3 is 19.5 Å². The minimum Gasteiger partial charge on any atom is -0.497 e. The fourth-order valence-corrected chi connectivity index (χ4v) is 3.37. The van der Waals surface area contributed by atoms with Crippen molar-refractivity contribution in [1.29, 1.82) is 0 Å². The molecule has 0 saturated heterocycles. The first-order valence-corrected chi connectivity index (χ1v) is 9.41. The number of carbonyl (C=O) groups excluding carboxylic acids is 1. The molecule has 0 spiro atoms. The lowest BCUT2D eigenvalue weighted by Crippen LogP contribution is -2.45. The molecule has 0 radical (unpaired) electrons. The second kappa shape index (κ2) is 8.09. The molecule has 2 atom stereocenters. The molecule has 28 heavy (non-hydrogen) atoms. The van der Waals surface area contributed by atoms with Crippen LogP contribution in [0.25, 0.3) is 0 Å². The molecule has 5 nitrogen and oxygen atoms in total. The largest absolute Gasteiger partial charge is 0.497 e. The highest BCUT2D eigenvalue weighted by molar-refractivity contribution is 5.81. The van der Waals surface area contributed by atoms with Gasteiger partial charge in [0, 0.05) is 12.0 Å². The molecule has 0 bridgehead atoms. The first kappa shape index (κ1) is 20.0. The molecular formula is C22H26FNO4. The number of nitrogens with one attached hydrogen (secondary N) is 1. The van der Waals surface area contributed by atoms with Gasteiger partial charge in [0.2, 0.25) is 0 Å². The number of halogens is 1. The molecular weight excluding hydrogens is 361 g/mol. The molecule has 1 amide bonds. The highest BCUT2D eigenvalue weighted by Crippen LogP contribution is 2.41. The predicted octanol–water partition coefficient (Wildman–Crippen LogP) is 4.41. The van der Waals surface area contributed by atoms with Crippen molar-refractivity contribution >= 4 is 5.91 Å². The maximum absolute atomic E-state index is 13.9. The van der Waals surface area contributed by atoms with E-state index in [1.165, 1.54) is 12.1 Å². The van der Waals surface area contributed by atoms with Gasteiger partial charge in [-0.15, -0.1) is 0 Å². The van der Waals surface area contributed by atoms with Gasteiger partial charge in [-0.25, -0.2) is 4.39 Å². The predicted molar refractivity (Wildman–Crippen MR) is 104 cm³/mol. The Labute approximate surface area is 164 Å². The standard InChI is InChI=1S/C22H26FNO4/c1-5-18(27-20-9-7-6-8-16(20)23)21(25)24-17-13-22(2,3)28-19-11-10-14(26-4)12-15(17)19/h6-12,17-18H,5,13H2,1-4H3,(H,24,25)/t17-,18-/m0/s1. The zero-order chi connectivity index (χ0) is 20.3. The third-order valence-electron chi connectivity index (χ3n) is 4.76. The summed E-state index contributed by atoms with van der Waals surface area (Å²) in [5.74, 6) is 0.693. The summed E-state index contributed by atoms with van der Waals surface area (Å²) < 4.78 is 30.9. The summed E-state index contributed by atoms with van der Waals surface area (Å²) in [4.78, 5) is 12.9. The number of fused-ring (bicyclic) bond motifs is 1. The number of amides is 1. The van der Waals surface area contributed by atoms with Gasteiger partial charge in [-0.05, 0) is 50.6 Å². The molecule has 1 N–H and O–H groups in total. The third kappa shape index (κ3) is 4.38. The van der Waals surface area contributed by atoms with Crippen molar-refractivity contribution in [3.05, 3.63) is 53.8 Å². The lowest BCUT2D eigenvalue weighted by Gasteiger charge is -2.38. The zero-order valence-corrected chi connectivity index (χ0v) is 16.6. The second-order valence-electron chi connectivity index (χ2n) is 7.48. The van der Waals surface area contributed by atoms with E-state index >= 15 is 0 Å². The SMILES string of the molecule is CC[C@H](Oc1ccccc1F)C(=O)N[C@H]1CC(C)(C)Oc2ccc(OC)cc21. The number of rotatable bonds is 6. The van der Waals surface area contributed by atoms with E-state index in [-0.39, 0.29) is 17.7 Å². The van der Waals surface area contributed by atoms with Crippen molar-refractivity contribution in [3.63, 3.8) is 0 Å². The van der Waals surface area contributed by atoms with E-state index in [9.17, 15) is 9.18 Å². The summed E-state index contributed by atoms with van der Waals surface area (Å²) in [6, 6.07) is 11.4. The molecule has 0 unspecified atom stereocenters. The van der Waals surface area contributed by atoms with Gasteiger partial charge in [0.15, 0.2) is 17.7 Å². The van der Waals surface area contributed by atoms with Crippen molar-refractivity contribution in [1.82, 2.24) is 5.32 Å². The minimum atomic E-state index is -0.795. The Balaban J connectivity index is 1.81. The Morgan fingerprint density at radius 1 is 1.32 bits per heavy atom. The van der Waals surface area contributed by atoms with Crippen molar-refractivity contribution in [2.24, 2.45) is 0 Å². The van der Waals surface area contributed by atoms with Crippen LogP contribution in [0.5, 0.6) is 17.2 Å². The summed E-state index contributed by atoms with van der Waals surface area (Å²) in [6.45, 7) is 5.79. The van der Waals surface area contributed by atoms with Crippen molar-refractivity contribution < 1.29 is 23.4 Å². The summed E-state index contributed by atoms with van der Waals surface area (Å²) in [5, 5.41) is 3.05. The second-order valence-corrected chi connectivity index (χ2v) is 7.48. The van der Waals surface area contributed by atoms with Crippen LogP contribution in [0, 0.1) is 5.82 Å².